The van der Waals surface area contributed by atoms with E-state index in [1.54, 1.807) is 11.0 Å². The van der Waals surface area contributed by atoms with Gasteiger partial charge in [-0.25, -0.2) is 9.69 Å². The minimum absolute atomic E-state index is 0.0487. The molecule has 2 saturated heterocycles. The number of fused-ring (bicyclic) bond motifs is 1. The zero-order valence-electron chi connectivity index (χ0n) is 15.7. The Bertz CT molecular complexity index is 889. The molecule has 2 heterocycles. The Morgan fingerprint density at radius 1 is 1.25 bits per heavy atom. The normalized spacial score (nSPS) is 29.6. The molecule has 1 aliphatic carbocycles. The highest BCUT2D eigenvalue weighted by molar-refractivity contribution is 6.05. The lowest BCUT2D eigenvalue weighted by Crippen LogP contribution is -2.37. The van der Waals surface area contributed by atoms with Crippen LogP contribution in [-0.2, 0) is 14.3 Å². The van der Waals surface area contributed by atoms with E-state index in [-0.39, 0.29) is 11.8 Å². The first kappa shape index (κ1) is 18.3. The second-order valence-corrected chi connectivity index (χ2v) is 7.98. The van der Waals surface area contributed by atoms with E-state index in [9.17, 15) is 19.5 Å². The number of amides is 3. The number of benzene rings is 1. The van der Waals surface area contributed by atoms with Crippen LogP contribution < -0.4 is 4.90 Å². The van der Waals surface area contributed by atoms with Gasteiger partial charge >= 0.3 is 6.09 Å². The molecule has 28 heavy (non-hydrogen) atoms. The van der Waals surface area contributed by atoms with E-state index in [4.69, 9.17) is 4.74 Å². The molecule has 1 N–H and O–H groups in total. The Balaban J connectivity index is 1.62. The summed E-state index contributed by atoms with van der Waals surface area (Å²) < 4.78 is 5.94. The van der Waals surface area contributed by atoms with Crippen molar-refractivity contribution >= 4 is 23.6 Å². The number of hydrogen-bond acceptors (Lipinski definition) is 4. The maximum absolute atomic E-state index is 12.9. The fourth-order valence-corrected chi connectivity index (χ4v) is 4.21. The number of ether oxygens (including phenoxy) is 1. The van der Waals surface area contributed by atoms with E-state index in [1.807, 2.05) is 50.3 Å². The van der Waals surface area contributed by atoms with E-state index < -0.39 is 29.7 Å². The Kier molecular flexibility index (Phi) is 4.25. The molecule has 2 fully saturated rings. The Labute approximate surface area is 162 Å². The van der Waals surface area contributed by atoms with Crippen LogP contribution in [0.3, 0.4) is 0 Å². The third-order valence-corrected chi connectivity index (χ3v) is 5.66. The lowest BCUT2D eigenvalue weighted by Gasteiger charge is -2.24. The standard InChI is InChI=1S/C21H22N2O5/c1-21(2)11-17(22(19(21)25)13-7-4-3-5-8-13)28-12-15-14-9-6-10-16(14)23(18(15)24)20(26)27/h3-8,10,12,14,16-17H,9,11H2,1-2H3,(H,26,27). The third kappa shape index (κ3) is 2.78. The number of rotatable bonds is 3. The molecule has 7 heteroatoms. The summed E-state index contributed by atoms with van der Waals surface area (Å²) in [6.45, 7) is 3.73. The molecular formula is C21H22N2O5. The van der Waals surface area contributed by atoms with Gasteiger partial charge in [-0.3, -0.25) is 14.5 Å². The van der Waals surface area contributed by atoms with Crippen molar-refractivity contribution in [1.82, 2.24) is 4.90 Å². The number of carbonyl (C=O) groups is 3. The fourth-order valence-electron chi connectivity index (χ4n) is 4.21. The van der Waals surface area contributed by atoms with E-state index in [0.29, 0.717) is 18.4 Å². The molecule has 3 unspecified atom stereocenters. The fraction of sp³-hybridized carbons (Fsp3) is 0.381. The van der Waals surface area contributed by atoms with Crippen LogP contribution in [0.1, 0.15) is 26.7 Å². The van der Waals surface area contributed by atoms with Crippen molar-refractivity contribution in [1.29, 1.82) is 0 Å². The highest BCUT2D eigenvalue weighted by Crippen LogP contribution is 2.41. The zero-order chi connectivity index (χ0) is 20.1. The molecule has 1 aromatic rings. The van der Waals surface area contributed by atoms with E-state index in [2.05, 4.69) is 0 Å². The number of carbonyl (C=O) groups excluding carboxylic acids is 2. The summed E-state index contributed by atoms with van der Waals surface area (Å²) in [4.78, 5) is 39.4. The van der Waals surface area contributed by atoms with Crippen molar-refractivity contribution in [3.63, 3.8) is 0 Å². The van der Waals surface area contributed by atoms with Crippen molar-refractivity contribution < 1.29 is 24.2 Å². The second-order valence-electron chi connectivity index (χ2n) is 7.98. The summed E-state index contributed by atoms with van der Waals surface area (Å²) in [6.07, 6.45) is 4.22. The van der Waals surface area contributed by atoms with Crippen LogP contribution in [0.2, 0.25) is 0 Å². The van der Waals surface area contributed by atoms with Crippen LogP contribution >= 0.6 is 0 Å². The van der Waals surface area contributed by atoms with Crippen LogP contribution in [0.25, 0.3) is 0 Å². The molecule has 2 aliphatic heterocycles. The van der Waals surface area contributed by atoms with Crippen molar-refractivity contribution in [3.8, 4) is 0 Å². The Morgan fingerprint density at radius 2 is 1.96 bits per heavy atom. The maximum Gasteiger partial charge on any atom is 0.414 e. The molecule has 3 aliphatic rings. The van der Waals surface area contributed by atoms with Gasteiger partial charge in [-0.1, -0.05) is 44.2 Å². The summed E-state index contributed by atoms with van der Waals surface area (Å²) in [6, 6.07) is 8.77. The van der Waals surface area contributed by atoms with Gasteiger partial charge in [-0.15, -0.1) is 0 Å². The molecule has 0 spiro atoms. The lowest BCUT2D eigenvalue weighted by atomic mass is 9.91. The van der Waals surface area contributed by atoms with Crippen molar-refractivity contribution in [3.05, 3.63) is 54.3 Å². The molecule has 146 valence electrons. The quantitative estimate of drug-likeness (QED) is 0.493. The molecule has 0 saturated carbocycles. The number of imide groups is 1. The van der Waals surface area contributed by atoms with Gasteiger partial charge in [0.05, 0.1) is 17.9 Å². The number of nitrogens with zero attached hydrogens (tertiary/aromatic N) is 2. The molecule has 3 atom stereocenters. The van der Waals surface area contributed by atoms with Crippen LogP contribution in [-0.4, -0.2) is 40.2 Å². The minimum Gasteiger partial charge on any atom is -0.477 e. The number of allylic oxidation sites excluding steroid dienone is 1. The van der Waals surface area contributed by atoms with Gasteiger partial charge < -0.3 is 9.84 Å². The van der Waals surface area contributed by atoms with E-state index in [0.717, 1.165) is 10.6 Å². The third-order valence-electron chi connectivity index (χ3n) is 5.66. The highest BCUT2D eigenvalue weighted by atomic mass is 16.5. The summed E-state index contributed by atoms with van der Waals surface area (Å²) >= 11 is 0. The number of carboxylic acid groups (broad SMARTS) is 1. The number of anilines is 1. The number of likely N-dealkylation sites (tertiary alicyclic amines) is 1. The molecule has 3 amide bonds. The summed E-state index contributed by atoms with van der Waals surface area (Å²) in [5, 5.41) is 9.37. The number of hydrogen-bond donors (Lipinski definition) is 1. The molecular weight excluding hydrogens is 360 g/mol. The van der Waals surface area contributed by atoms with Crippen molar-refractivity contribution in [2.75, 3.05) is 4.90 Å². The first-order valence-corrected chi connectivity index (χ1v) is 9.28. The van der Waals surface area contributed by atoms with Gasteiger partial charge in [-0.2, -0.15) is 0 Å². The highest BCUT2D eigenvalue weighted by Gasteiger charge is 2.49. The monoisotopic (exact) mass is 382 g/mol. The minimum atomic E-state index is -1.27. The van der Waals surface area contributed by atoms with E-state index >= 15 is 0 Å². The topological polar surface area (TPSA) is 87.2 Å². The number of para-hydroxylation sites is 1. The first-order chi connectivity index (χ1) is 13.3. The van der Waals surface area contributed by atoms with Crippen molar-refractivity contribution in [2.45, 2.75) is 39.0 Å². The molecule has 0 bridgehead atoms. The second kappa shape index (κ2) is 6.51. The average Bonchev–Trinajstić information content (AvgIpc) is 3.26. The maximum atomic E-state index is 12.9. The van der Waals surface area contributed by atoms with Crippen LogP contribution in [0, 0.1) is 11.3 Å². The largest absolute Gasteiger partial charge is 0.477 e. The molecule has 0 radical (unpaired) electrons. The Morgan fingerprint density at radius 3 is 2.64 bits per heavy atom. The van der Waals surface area contributed by atoms with Gasteiger partial charge in [0.2, 0.25) is 5.91 Å². The van der Waals surface area contributed by atoms with E-state index in [1.165, 1.54) is 6.26 Å². The smallest absolute Gasteiger partial charge is 0.414 e. The predicted molar refractivity (Wildman–Crippen MR) is 101 cm³/mol. The van der Waals surface area contributed by atoms with Crippen molar-refractivity contribution in [2.24, 2.45) is 11.3 Å². The van der Waals surface area contributed by atoms with Crippen LogP contribution in [0.5, 0.6) is 0 Å². The first-order valence-electron chi connectivity index (χ1n) is 9.28. The lowest BCUT2D eigenvalue weighted by molar-refractivity contribution is -0.124. The van der Waals surface area contributed by atoms with Gasteiger partial charge in [0.15, 0.2) is 6.23 Å². The summed E-state index contributed by atoms with van der Waals surface area (Å²) in [5.41, 5.74) is 0.470. The van der Waals surface area contributed by atoms with Gasteiger partial charge in [0, 0.05) is 23.4 Å². The summed E-state index contributed by atoms with van der Waals surface area (Å²) in [7, 11) is 0. The zero-order valence-corrected chi connectivity index (χ0v) is 15.7. The van der Waals surface area contributed by atoms with Gasteiger partial charge in [0.25, 0.3) is 5.91 Å². The van der Waals surface area contributed by atoms with Crippen LogP contribution in [0.4, 0.5) is 10.5 Å². The molecule has 7 nitrogen and oxygen atoms in total. The Hall–Kier alpha value is -3.09. The molecule has 4 rings (SSSR count). The SMILES string of the molecule is CC1(C)CC(OC=C2C(=O)N(C(=O)O)C3C=CCC23)N(c2ccccc2)C1=O. The van der Waals surface area contributed by atoms with Gasteiger partial charge in [-0.05, 0) is 18.6 Å². The van der Waals surface area contributed by atoms with Gasteiger partial charge in [0.1, 0.15) is 0 Å². The molecule has 0 aromatic heterocycles. The average molecular weight is 382 g/mol. The molecule has 1 aromatic carbocycles. The summed E-state index contributed by atoms with van der Waals surface area (Å²) in [5.74, 6) is -0.840. The van der Waals surface area contributed by atoms with Crippen LogP contribution in [0.15, 0.2) is 54.3 Å². The predicted octanol–water partition coefficient (Wildman–Crippen LogP) is 3.14.